The second kappa shape index (κ2) is 4.53. The van der Waals surface area contributed by atoms with E-state index in [0.29, 0.717) is 27.9 Å². The largest absolute Gasteiger partial charge is 0.508 e. The highest BCUT2D eigenvalue weighted by molar-refractivity contribution is 5.84. The highest BCUT2D eigenvalue weighted by Crippen LogP contribution is 2.27. The van der Waals surface area contributed by atoms with E-state index in [1.165, 1.54) is 6.07 Å². The Bertz CT molecular complexity index is 845. The number of phenolic OH excluding ortho intramolecular Hbond substituents is 1. The Morgan fingerprint density at radius 1 is 1.05 bits per heavy atom. The van der Waals surface area contributed by atoms with Crippen molar-refractivity contribution in [1.82, 2.24) is 0 Å². The van der Waals surface area contributed by atoms with Crippen LogP contribution in [0, 0.1) is 13.8 Å². The molecule has 0 fully saturated rings. The van der Waals surface area contributed by atoms with Crippen LogP contribution < -0.4 is 5.43 Å². The van der Waals surface area contributed by atoms with Crippen LogP contribution in [0.3, 0.4) is 0 Å². The number of hydrogen-bond donors (Lipinski definition) is 1. The highest BCUT2D eigenvalue weighted by Gasteiger charge is 2.14. The topological polar surface area (TPSA) is 50.4 Å². The molecule has 1 aromatic heterocycles. The molecule has 3 heteroatoms. The molecule has 0 aliphatic heterocycles. The maximum atomic E-state index is 12.6. The lowest BCUT2D eigenvalue weighted by molar-refractivity contribution is 0.471. The maximum Gasteiger partial charge on any atom is 0.200 e. The molecular weight excluding hydrogens is 252 g/mol. The van der Waals surface area contributed by atoms with Crippen molar-refractivity contribution >= 4 is 11.0 Å². The van der Waals surface area contributed by atoms with Gasteiger partial charge >= 0.3 is 0 Å². The zero-order valence-electron chi connectivity index (χ0n) is 11.3. The van der Waals surface area contributed by atoms with E-state index in [1.807, 2.05) is 30.3 Å². The smallest absolute Gasteiger partial charge is 0.200 e. The summed E-state index contributed by atoms with van der Waals surface area (Å²) in [7, 11) is 0. The molecule has 0 spiro atoms. The highest BCUT2D eigenvalue weighted by atomic mass is 16.3. The zero-order chi connectivity index (χ0) is 14.3. The molecule has 3 nitrogen and oxygen atoms in total. The molecule has 0 unspecified atom stereocenters. The molecule has 0 radical (unpaired) electrons. The van der Waals surface area contributed by atoms with Crippen LogP contribution in [-0.4, -0.2) is 5.11 Å². The van der Waals surface area contributed by atoms with E-state index in [2.05, 4.69) is 0 Å². The maximum absolute atomic E-state index is 12.6. The zero-order valence-corrected chi connectivity index (χ0v) is 11.3. The Hall–Kier alpha value is -2.55. The van der Waals surface area contributed by atoms with Crippen molar-refractivity contribution in [1.29, 1.82) is 0 Å². The minimum absolute atomic E-state index is 0.104. The van der Waals surface area contributed by atoms with Crippen LogP contribution in [0.15, 0.2) is 51.7 Å². The standard InChI is InChI=1S/C17H14O3/c1-10-8-15-13(9-14(10)18)17(19)16(11(2)20-15)12-6-4-3-5-7-12/h3-9,18H,1-2H3. The van der Waals surface area contributed by atoms with Gasteiger partial charge in [0.15, 0.2) is 0 Å². The second-order valence-electron chi connectivity index (χ2n) is 4.86. The molecular formula is C17H14O3. The molecule has 0 aliphatic rings. The summed E-state index contributed by atoms with van der Waals surface area (Å²) >= 11 is 0. The fourth-order valence-corrected chi connectivity index (χ4v) is 2.38. The van der Waals surface area contributed by atoms with Gasteiger partial charge in [0, 0.05) is 0 Å². The lowest BCUT2D eigenvalue weighted by atomic mass is 10.0. The molecule has 1 heterocycles. The number of rotatable bonds is 1. The summed E-state index contributed by atoms with van der Waals surface area (Å²) in [5, 5.41) is 10.2. The van der Waals surface area contributed by atoms with Crippen molar-refractivity contribution in [2.75, 3.05) is 0 Å². The molecule has 100 valence electrons. The fraction of sp³-hybridized carbons (Fsp3) is 0.118. The summed E-state index contributed by atoms with van der Waals surface area (Å²) in [5.74, 6) is 0.687. The van der Waals surface area contributed by atoms with Crippen molar-refractivity contribution in [3.63, 3.8) is 0 Å². The third kappa shape index (κ3) is 1.88. The first-order valence-corrected chi connectivity index (χ1v) is 6.40. The van der Waals surface area contributed by atoms with Crippen molar-refractivity contribution in [2.45, 2.75) is 13.8 Å². The lowest BCUT2D eigenvalue weighted by Crippen LogP contribution is -2.07. The molecule has 3 aromatic rings. The van der Waals surface area contributed by atoms with Gasteiger partial charge in [0.05, 0.1) is 10.9 Å². The second-order valence-corrected chi connectivity index (χ2v) is 4.86. The average Bonchev–Trinajstić information content (AvgIpc) is 2.43. The first-order valence-electron chi connectivity index (χ1n) is 6.40. The van der Waals surface area contributed by atoms with Gasteiger partial charge in [-0.25, -0.2) is 0 Å². The normalized spacial score (nSPS) is 10.9. The van der Waals surface area contributed by atoms with Crippen molar-refractivity contribution in [2.24, 2.45) is 0 Å². The van der Waals surface area contributed by atoms with Crippen LogP contribution >= 0.6 is 0 Å². The predicted molar refractivity (Wildman–Crippen MR) is 79.1 cm³/mol. The first kappa shape index (κ1) is 12.5. The Morgan fingerprint density at radius 2 is 1.75 bits per heavy atom. The van der Waals surface area contributed by atoms with Gasteiger partial charge in [-0.3, -0.25) is 4.79 Å². The summed E-state index contributed by atoms with van der Waals surface area (Å²) < 4.78 is 5.75. The Morgan fingerprint density at radius 3 is 2.45 bits per heavy atom. The number of phenols is 1. The Labute approximate surface area is 116 Å². The predicted octanol–water partition coefficient (Wildman–Crippen LogP) is 3.78. The van der Waals surface area contributed by atoms with Crippen molar-refractivity contribution in [3.8, 4) is 16.9 Å². The number of fused-ring (bicyclic) bond motifs is 1. The van der Waals surface area contributed by atoms with Gasteiger partial charge < -0.3 is 9.52 Å². The van der Waals surface area contributed by atoms with E-state index < -0.39 is 0 Å². The van der Waals surface area contributed by atoms with E-state index in [-0.39, 0.29) is 11.2 Å². The van der Waals surface area contributed by atoms with Gasteiger partial charge in [0.2, 0.25) is 5.43 Å². The minimum Gasteiger partial charge on any atom is -0.508 e. The van der Waals surface area contributed by atoms with Gasteiger partial charge in [-0.15, -0.1) is 0 Å². The Balaban J connectivity index is 2.41. The van der Waals surface area contributed by atoms with E-state index in [4.69, 9.17) is 4.42 Å². The number of aromatic hydroxyl groups is 1. The van der Waals surface area contributed by atoms with Crippen LogP contribution in [0.4, 0.5) is 0 Å². The quantitative estimate of drug-likeness (QED) is 0.729. The monoisotopic (exact) mass is 266 g/mol. The van der Waals surface area contributed by atoms with Gasteiger partial charge in [0.1, 0.15) is 17.1 Å². The van der Waals surface area contributed by atoms with Crippen molar-refractivity contribution < 1.29 is 9.52 Å². The summed E-state index contributed by atoms with van der Waals surface area (Å²) in [6.07, 6.45) is 0. The summed E-state index contributed by atoms with van der Waals surface area (Å²) in [5.41, 5.74) is 2.43. The van der Waals surface area contributed by atoms with Crippen molar-refractivity contribution in [3.05, 3.63) is 64.0 Å². The van der Waals surface area contributed by atoms with E-state index in [0.717, 1.165) is 5.56 Å². The minimum atomic E-state index is -0.120. The third-order valence-corrected chi connectivity index (χ3v) is 3.45. The van der Waals surface area contributed by atoms with E-state index in [9.17, 15) is 9.90 Å². The lowest BCUT2D eigenvalue weighted by Gasteiger charge is -2.08. The molecule has 0 bridgehead atoms. The third-order valence-electron chi connectivity index (χ3n) is 3.45. The van der Waals surface area contributed by atoms with Gasteiger partial charge in [0.25, 0.3) is 0 Å². The summed E-state index contributed by atoms with van der Waals surface area (Å²) in [6.45, 7) is 3.56. The summed E-state index contributed by atoms with van der Waals surface area (Å²) in [4.78, 5) is 12.6. The number of aryl methyl sites for hydroxylation is 2. The molecule has 3 rings (SSSR count). The molecule has 2 aromatic carbocycles. The average molecular weight is 266 g/mol. The first-order chi connectivity index (χ1) is 9.58. The van der Waals surface area contributed by atoms with Crippen LogP contribution in [0.25, 0.3) is 22.1 Å². The molecule has 0 aliphatic carbocycles. The molecule has 20 heavy (non-hydrogen) atoms. The van der Waals surface area contributed by atoms with E-state index >= 15 is 0 Å². The molecule has 0 saturated carbocycles. The fourth-order valence-electron chi connectivity index (χ4n) is 2.38. The van der Waals surface area contributed by atoms with Gasteiger partial charge in [-0.05, 0) is 37.1 Å². The van der Waals surface area contributed by atoms with Crippen LogP contribution in [-0.2, 0) is 0 Å². The SMILES string of the molecule is Cc1cc2oc(C)c(-c3ccccc3)c(=O)c2cc1O. The van der Waals surface area contributed by atoms with Gasteiger partial charge in [-0.1, -0.05) is 30.3 Å². The van der Waals surface area contributed by atoms with E-state index in [1.54, 1.807) is 19.9 Å². The van der Waals surface area contributed by atoms with Gasteiger partial charge in [-0.2, -0.15) is 0 Å². The Kier molecular flexibility index (Phi) is 2.83. The number of hydrogen-bond acceptors (Lipinski definition) is 3. The molecule has 0 amide bonds. The number of benzene rings is 2. The van der Waals surface area contributed by atoms with Crippen LogP contribution in [0.5, 0.6) is 5.75 Å². The summed E-state index contributed by atoms with van der Waals surface area (Å²) in [6, 6.07) is 12.6. The molecule has 0 saturated heterocycles. The van der Waals surface area contributed by atoms with Crippen LogP contribution in [0.2, 0.25) is 0 Å². The molecule has 0 atom stereocenters. The molecule has 1 N–H and O–H groups in total. The van der Waals surface area contributed by atoms with Crippen LogP contribution in [0.1, 0.15) is 11.3 Å².